The Bertz CT molecular complexity index is 617. The molecule has 2 fully saturated rings. The van der Waals surface area contributed by atoms with Gasteiger partial charge in [0.1, 0.15) is 6.10 Å². The Hall–Kier alpha value is -2.15. The number of rotatable bonds is 4. The van der Waals surface area contributed by atoms with Crippen LogP contribution in [0.15, 0.2) is 23.3 Å². The highest BCUT2D eigenvalue weighted by atomic mass is 16.5. The molecule has 3 rings (SSSR count). The van der Waals surface area contributed by atoms with Gasteiger partial charge in [-0.05, 0) is 38.3 Å². The number of aryl methyl sites for hydroxylation is 1. The van der Waals surface area contributed by atoms with E-state index in [1.165, 1.54) is 0 Å². The van der Waals surface area contributed by atoms with Crippen LogP contribution in [0.3, 0.4) is 0 Å². The first-order valence-electron chi connectivity index (χ1n) is 9.52. The third kappa shape index (κ3) is 4.72. The van der Waals surface area contributed by atoms with Crippen molar-refractivity contribution < 1.29 is 9.53 Å². The molecule has 1 amide bonds. The van der Waals surface area contributed by atoms with Gasteiger partial charge >= 0.3 is 0 Å². The van der Waals surface area contributed by atoms with Gasteiger partial charge in [0.15, 0.2) is 5.96 Å². The Morgan fingerprint density at radius 2 is 2.08 bits per heavy atom. The fourth-order valence-corrected chi connectivity index (χ4v) is 3.30. The van der Waals surface area contributed by atoms with Crippen molar-refractivity contribution in [2.45, 2.75) is 39.3 Å². The van der Waals surface area contributed by atoms with Gasteiger partial charge in [-0.25, -0.2) is 4.99 Å². The van der Waals surface area contributed by atoms with Crippen molar-refractivity contribution in [3.05, 3.63) is 29.6 Å². The number of carbonyl (C=O) groups excluding carboxylic acids is 1. The fraction of sp³-hybridized carbons (Fsp3) is 0.632. The van der Waals surface area contributed by atoms with E-state index in [0.717, 1.165) is 62.8 Å². The second-order valence-electron chi connectivity index (χ2n) is 6.79. The summed E-state index contributed by atoms with van der Waals surface area (Å²) in [6.07, 6.45) is 3.49. The number of ether oxygens (including phenoxy) is 1. The molecule has 0 saturated carbocycles. The molecule has 0 bridgehead atoms. The highest BCUT2D eigenvalue weighted by Gasteiger charge is 2.30. The SMILES string of the molecule is CCNC(=NCc1ccc(C)nc1)N1CCN(C(=O)C2CCCO2)CC1. The third-order valence-corrected chi connectivity index (χ3v) is 4.81. The molecule has 0 aliphatic carbocycles. The van der Waals surface area contributed by atoms with Crippen LogP contribution in [0.25, 0.3) is 0 Å². The fourth-order valence-electron chi connectivity index (χ4n) is 3.30. The number of nitrogens with zero attached hydrogens (tertiary/aromatic N) is 4. The van der Waals surface area contributed by atoms with Gasteiger partial charge in [-0.3, -0.25) is 9.78 Å². The van der Waals surface area contributed by atoms with Crippen molar-refractivity contribution in [2.24, 2.45) is 4.99 Å². The molecule has 1 N–H and O–H groups in total. The average molecular weight is 359 g/mol. The molecule has 0 aromatic carbocycles. The van der Waals surface area contributed by atoms with Crippen LogP contribution in [0, 0.1) is 6.92 Å². The number of aromatic nitrogens is 1. The van der Waals surface area contributed by atoms with Crippen LogP contribution in [-0.4, -0.2) is 72.1 Å². The van der Waals surface area contributed by atoms with Gasteiger partial charge in [0.25, 0.3) is 5.91 Å². The maximum Gasteiger partial charge on any atom is 0.251 e. The Morgan fingerprint density at radius 1 is 1.31 bits per heavy atom. The van der Waals surface area contributed by atoms with E-state index in [4.69, 9.17) is 9.73 Å². The molecule has 2 aliphatic rings. The lowest BCUT2D eigenvalue weighted by atomic mass is 10.2. The molecule has 1 aromatic rings. The van der Waals surface area contributed by atoms with E-state index in [0.29, 0.717) is 13.2 Å². The van der Waals surface area contributed by atoms with Crippen molar-refractivity contribution in [3.8, 4) is 0 Å². The van der Waals surface area contributed by atoms with E-state index >= 15 is 0 Å². The Balaban J connectivity index is 1.56. The van der Waals surface area contributed by atoms with Crippen LogP contribution >= 0.6 is 0 Å². The number of amides is 1. The minimum absolute atomic E-state index is 0.148. The van der Waals surface area contributed by atoms with Gasteiger partial charge < -0.3 is 19.9 Å². The monoisotopic (exact) mass is 359 g/mol. The summed E-state index contributed by atoms with van der Waals surface area (Å²) >= 11 is 0. The summed E-state index contributed by atoms with van der Waals surface area (Å²) in [5.41, 5.74) is 2.11. The predicted octanol–water partition coefficient (Wildman–Crippen LogP) is 1.18. The van der Waals surface area contributed by atoms with Crippen molar-refractivity contribution in [1.82, 2.24) is 20.1 Å². The summed E-state index contributed by atoms with van der Waals surface area (Å²) in [5.74, 6) is 1.05. The molecule has 2 saturated heterocycles. The van der Waals surface area contributed by atoms with Crippen LogP contribution in [0.4, 0.5) is 0 Å². The average Bonchev–Trinajstić information content (AvgIpc) is 3.21. The summed E-state index contributed by atoms with van der Waals surface area (Å²) in [7, 11) is 0. The molecule has 26 heavy (non-hydrogen) atoms. The number of pyridine rings is 1. The Labute approximate surface area is 155 Å². The number of hydrogen-bond donors (Lipinski definition) is 1. The lowest BCUT2D eigenvalue weighted by molar-refractivity contribution is -0.142. The molecule has 0 spiro atoms. The summed E-state index contributed by atoms with van der Waals surface area (Å²) in [4.78, 5) is 25.7. The highest BCUT2D eigenvalue weighted by molar-refractivity contribution is 5.82. The van der Waals surface area contributed by atoms with Crippen LogP contribution in [0.1, 0.15) is 31.0 Å². The quantitative estimate of drug-likeness (QED) is 0.646. The number of carbonyl (C=O) groups is 1. The number of aliphatic imine (C=N–C) groups is 1. The van der Waals surface area contributed by atoms with E-state index < -0.39 is 0 Å². The molecule has 7 nitrogen and oxygen atoms in total. The first kappa shape index (κ1) is 18.6. The first-order chi connectivity index (χ1) is 12.7. The Kier molecular flexibility index (Phi) is 6.44. The largest absolute Gasteiger partial charge is 0.368 e. The van der Waals surface area contributed by atoms with Crippen molar-refractivity contribution >= 4 is 11.9 Å². The smallest absolute Gasteiger partial charge is 0.251 e. The molecule has 0 radical (unpaired) electrons. The van der Waals surface area contributed by atoms with Crippen molar-refractivity contribution in [3.63, 3.8) is 0 Å². The predicted molar refractivity (Wildman–Crippen MR) is 101 cm³/mol. The van der Waals surface area contributed by atoms with Gasteiger partial charge in [-0.15, -0.1) is 0 Å². The maximum atomic E-state index is 12.5. The second kappa shape index (κ2) is 8.98. The topological polar surface area (TPSA) is 70.1 Å². The van der Waals surface area contributed by atoms with Crippen LogP contribution < -0.4 is 5.32 Å². The van der Waals surface area contributed by atoms with Crippen molar-refractivity contribution in [2.75, 3.05) is 39.3 Å². The van der Waals surface area contributed by atoms with Gasteiger partial charge in [0.05, 0.1) is 6.54 Å². The molecule has 7 heteroatoms. The number of piperazine rings is 1. The summed E-state index contributed by atoms with van der Waals surface area (Å²) in [5, 5.41) is 3.36. The summed E-state index contributed by atoms with van der Waals surface area (Å²) < 4.78 is 5.53. The highest BCUT2D eigenvalue weighted by Crippen LogP contribution is 2.16. The Morgan fingerprint density at radius 3 is 2.69 bits per heavy atom. The lowest BCUT2D eigenvalue weighted by Gasteiger charge is -2.37. The van der Waals surface area contributed by atoms with E-state index in [-0.39, 0.29) is 12.0 Å². The number of guanidine groups is 1. The van der Waals surface area contributed by atoms with Crippen LogP contribution in [0.5, 0.6) is 0 Å². The lowest BCUT2D eigenvalue weighted by Crippen LogP contribution is -2.55. The third-order valence-electron chi connectivity index (χ3n) is 4.81. The van der Waals surface area contributed by atoms with Gasteiger partial charge in [0.2, 0.25) is 0 Å². The molecule has 1 aromatic heterocycles. The van der Waals surface area contributed by atoms with Gasteiger partial charge in [-0.1, -0.05) is 6.07 Å². The molecule has 1 atom stereocenters. The summed E-state index contributed by atoms with van der Waals surface area (Å²) in [6, 6.07) is 4.07. The van der Waals surface area contributed by atoms with Crippen LogP contribution in [0.2, 0.25) is 0 Å². The van der Waals surface area contributed by atoms with Gasteiger partial charge in [-0.2, -0.15) is 0 Å². The molecule has 2 aliphatic heterocycles. The standard InChI is InChI=1S/C19H29N5O2/c1-3-20-19(22-14-16-7-6-15(2)21-13-16)24-10-8-23(9-11-24)18(25)17-5-4-12-26-17/h6-7,13,17H,3-5,8-12,14H2,1-2H3,(H,20,22). The summed E-state index contributed by atoms with van der Waals surface area (Å²) in [6.45, 7) is 9.19. The van der Waals surface area contributed by atoms with E-state index in [1.54, 1.807) is 0 Å². The molecular formula is C19H29N5O2. The second-order valence-corrected chi connectivity index (χ2v) is 6.79. The zero-order valence-electron chi connectivity index (χ0n) is 15.8. The van der Waals surface area contributed by atoms with E-state index in [1.807, 2.05) is 24.1 Å². The molecule has 3 heterocycles. The normalized spacial score (nSPS) is 21.2. The number of nitrogens with one attached hydrogen (secondary N) is 1. The minimum Gasteiger partial charge on any atom is -0.368 e. The molecule has 142 valence electrons. The molecule has 1 unspecified atom stereocenters. The maximum absolute atomic E-state index is 12.5. The first-order valence-corrected chi connectivity index (χ1v) is 9.52. The van der Waals surface area contributed by atoms with E-state index in [9.17, 15) is 4.79 Å². The zero-order valence-corrected chi connectivity index (χ0v) is 15.8. The number of hydrogen-bond acceptors (Lipinski definition) is 4. The van der Waals surface area contributed by atoms with E-state index in [2.05, 4.69) is 28.2 Å². The molecular weight excluding hydrogens is 330 g/mol. The van der Waals surface area contributed by atoms with Gasteiger partial charge in [0, 0.05) is 51.2 Å². The zero-order chi connectivity index (χ0) is 18.4. The van der Waals surface area contributed by atoms with Crippen molar-refractivity contribution in [1.29, 1.82) is 0 Å². The minimum atomic E-state index is -0.225. The van der Waals surface area contributed by atoms with Crippen LogP contribution in [-0.2, 0) is 16.1 Å².